The highest BCUT2D eigenvalue weighted by Gasteiger charge is 2.38. The van der Waals surface area contributed by atoms with Gasteiger partial charge in [-0.2, -0.15) is 13.2 Å². The maximum atomic E-state index is 11.3. The number of para-hydroxylation sites is 1. The quantitative estimate of drug-likeness (QED) is 0.711. The van der Waals surface area contributed by atoms with Gasteiger partial charge in [-0.15, -0.1) is 0 Å². The highest BCUT2D eigenvalue weighted by atomic mass is 19.4. The fraction of sp³-hybridized carbons (Fsp3) is 0.0556. The van der Waals surface area contributed by atoms with E-state index in [-0.39, 0.29) is 0 Å². The van der Waals surface area contributed by atoms with Gasteiger partial charge < -0.3 is 10.2 Å². The van der Waals surface area contributed by atoms with Crippen molar-refractivity contribution in [3.05, 3.63) is 66.4 Å². The van der Waals surface area contributed by atoms with E-state index in [4.69, 9.17) is 9.90 Å². The highest BCUT2D eigenvalue weighted by molar-refractivity contribution is 6.02. The number of rotatable bonds is 2. The number of carbonyl (C=O) groups is 2. The van der Waals surface area contributed by atoms with Crippen LogP contribution in [0.3, 0.4) is 0 Å². The summed E-state index contributed by atoms with van der Waals surface area (Å²) in [5, 5.41) is 17.4. The molecule has 0 aliphatic carbocycles. The first-order valence-electron chi connectivity index (χ1n) is 7.18. The third-order valence-electron chi connectivity index (χ3n) is 3.34. The number of halogens is 3. The average Bonchev–Trinajstić information content (AvgIpc) is 2.61. The molecular formula is C18H12F3NO4. The Labute approximate surface area is 145 Å². The van der Waals surface area contributed by atoms with Crippen molar-refractivity contribution >= 4 is 22.8 Å². The number of alkyl halides is 3. The standard InChI is InChI=1S/C16H11NO2.C2HF3O2/c18-16(19)14-7-2-1-5-11(14)12-9-10-17-15-8-4-3-6-13(12)15;3-2(4,5)1(6)7/h1-10H,(H,18,19);(H,6,7). The summed E-state index contributed by atoms with van der Waals surface area (Å²) in [5.74, 6) is -3.68. The molecule has 2 N–H and O–H groups in total. The Morgan fingerprint density at radius 1 is 0.846 bits per heavy atom. The number of hydrogen-bond acceptors (Lipinski definition) is 3. The molecule has 1 aromatic heterocycles. The van der Waals surface area contributed by atoms with Crippen molar-refractivity contribution in [2.75, 3.05) is 0 Å². The minimum absolute atomic E-state index is 0.304. The Kier molecular flexibility index (Phi) is 5.56. The third kappa shape index (κ3) is 4.35. The maximum absolute atomic E-state index is 11.3. The summed E-state index contributed by atoms with van der Waals surface area (Å²) < 4.78 is 31.7. The maximum Gasteiger partial charge on any atom is 0.490 e. The van der Waals surface area contributed by atoms with Crippen LogP contribution in [0.15, 0.2) is 60.8 Å². The monoisotopic (exact) mass is 363 g/mol. The van der Waals surface area contributed by atoms with Crippen LogP contribution in [-0.2, 0) is 4.79 Å². The molecule has 26 heavy (non-hydrogen) atoms. The number of carboxylic acid groups (broad SMARTS) is 2. The van der Waals surface area contributed by atoms with Crippen molar-refractivity contribution in [1.82, 2.24) is 4.98 Å². The van der Waals surface area contributed by atoms with Crippen molar-refractivity contribution < 1.29 is 33.0 Å². The molecule has 3 aromatic rings. The van der Waals surface area contributed by atoms with E-state index in [9.17, 15) is 23.1 Å². The van der Waals surface area contributed by atoms with Gasteiger partial charge >= 0.3 is 18.1 Å². The lowest BCUT2D eigenvalue weighted by molar-refractivity contribution is -0.192. The summed E-state index contributed by atoms with van der Waals surface area (Å²) in [6.45, 7) is 0. The second-order valence-electron chi connectivity index (χ2n) is 5.03. The average molecular weight is 363 g/mol. The van der Waals surface area contributed by atoms with Gasteiger partial charge in [0.15, 0.2) is 0 Å². The molecule has 0 spiro atoms. The SMILES string of the molecule is O=C(O)C(F)(F)F.O=C(O)c1ccccc1-c1ccnc2ccccc12. The van der Waals surface area contributed by atoms with E-state index >= 15 is 0 Å². The number of aliphatic carboxylic acids is 1. The lowest BCUT2D eigenvalue weighted by atomic mass is 9.97. The van der Waals surface area contributed by atoms with Gasteiger partial charge in [-0.1, -0.05) is 36.4 Å². The predicted molar refractivity (Wildman–Crippen MR) is 87.8 cm³/mol. The second-order valence-corrected chi connectivity index (χ2v) is 5.03. The van der Waals surface area contributed by atoms with Crippen LogP contribution in [0.2, 0.25) is 0 Å². The van der Waals surface area contributed by atoms with Crippen LogP contribution in [-0.4, -0.2) is 33.3 Å². The van der Waals surface area contributed by atoms with Gasteiger partial charge in [0.25, 0.3) is 0 Å². The van der Waals surface area contributed by atoms with Crippen LogP contribution in [0.5, 0.6) is 0 Å². The topological polar surface area (TPSA) is 87.5 Å². The number of pyridine rings is 1. The van der Waals surface area contributed by atoms with E-state index in [1.54, 1.807) is 18.3 Å². The van der Waals surface area contributed by atoms with Crippen LogP contribution >= 0.6 is 0 Å². The molecule has 2 aromatic carbocycles. The van der Waals surface area contributed by atoms with Gasteiger partial charge in [-0.25, -0.2) is 9.59 Å². The summed E-state index contributed by atoms with van der Waals surface area (Å²) in [6, 6.07) is 16.6. The molecule has 0 amide bonds. The Hall–Kier alpha value is -3.42. The Balaban J connectivity index is 0.000000298. The largest absolute Gasteiger partial charge is 0.490 e. The number of aromatic nitrogens is 1. The Morgan fingerprint density at radius 2 is 1.42 bits per heavy atom. The van der Waals surface area contributed by atoms with Crippen LogP contribution in [0.4, 0.5) is 13.2 Å². The Bertz CT molecular complexity index is 949. The molecule has 0 saturated heterocycles. The fourth-order valence-electron chi connectivity index (χ4n) is 2.24. The molecule has 3 rings (SSSR count). The van der Waals surface area contributed by atoms with Crippen molar-refractivity contribution in [3.63, 3.8) is 0 Å². The smallest absolute Gasteiger partial charge is 0.478 e. The van der Waals surface area contributed by atoms with Crippen molar-refractivity contribution in [1.29, 1.82) is 0 Å². The van der Waals surface area contributed by atoms with Crippen LogP contribution < -0.4 is 0 Å². The predicted octanol–water partition coefficient (Wildman–Crippen LogP) is 4.23. The molecular weight excluding hydrogens is 351 g/mol. The van der Waals surface area contributed by atoms with E-state index < -0.39 is 18.1 Å². The second kappa shape index (κ2) is 7.64. The van der Waals surface area contributed by atoms with E-state index in [2.05, 4.69) is 4.98 Å². The molecule has 0 atom stereocenters. The first-order valence-corrected chi connectivity index (χ1v) is 7.18. The van der Waals surface area contributed by atoms with Crippen molar-refractivity contribution in [2.45, 2.75) is 6.18 Å². The minimum atomic E-state index is -5.08. The number of aromatic carboxylic acids is 1. The lowest BCUT2D eigenvalue weighted by Crippen LogP contribution is -2.21. The Morgan fingerprint density at radius 3 is 2.04 bits per heavy atom. The van der Waals surface area contributed by atoms with Gasteiger partial charge in [-0.3, -0.25) is 4.98 Å². The molecule has 0 saturated carbocycles. The summed E-state index contributed by atoms with van der Waals surface area (Å²) in [5.41, 5.74) is 2.77. The molecule has 0 fully saturated rings. The molecule has 0 bridgehead atoms. The number of hydrogen-bond donors (Lipinski definition) is 2. The van der Waals surface area contributed by atoms with E-state index in [1.807, 2.05) is 42.5 Å². The van der Waals surface area contributed by atoms with E-state index in [1.165, 1.54) is 0 Å². The third-order valence-corrected chi connectivity index (χ3v) is 3.34. The summed E-state index contributed by atoms with van der Waals surface area (Å²) >= 11 is 0. The van der Waals surface area contributed by atoms with Crippen LogP contribution in [0.1, 0.15) is 10.4 Å². The van der Waals surface area contributed by atoms with Gasteiger partial charge in [0.2, 0.25) is 0 Å². The molecule has 5 nitrogen and oxygen atoms in total. The van der Waals surface area contributed by atoms with E-state index in [0.29, 0.717) is 11.1 Å². The summed E-state index contributed by atoms with van der Waals surface area (Å²) in [7, 11) is 0. The van der Waals surface area contributed by atoms with Crippen LogP contribution in [0, 0.1) is 0 Å². The van der Waals surface area contributed by atoms with Gasteiger partial charge in [0.05, 0.1) is 11.1 Å². The normalized spacial score (nSPS) is 10.7. The van der Waals surface area contributed by atoms with Gasteiger partial charge in [0, 0.05) is 11.6 Å². The van der Waals surface area contributed by atoms with Gasteiger partial charge in [-0.05, 0) is 29.3 Å². The number of fused-ring (bicyclic) bond motifs is 1. The first-order chi connectivity index (χ1) is 12.2. The number of nitrogens with zero attached hydrogens (tertiary/aromatic N) is 1. The van der Waals surface area contributed by atoms with Crippen molar-refractivity contribution in [3.8, 4) is 11.1 Å². The minimum Gasteiger partial charge on any atom is -0.478 e. The zero-order valence-electron chi connectivity index (χ0n) is 13.1. The molecule has 0 radical (unpaired) electrons. The molecule has 0 aliphatic heterocycles. The number of carboxylic acids is 2. The first kappa shape index (κ1) is 18.9. The molecule has 1 heterocycles. The van der Waals surface area contributed by atoms with Gasteiger partial charge in [0.1, 0.15) is 0 Å². The molecule has 8 heteroatoms. The summed E-state index contributed by atoms with van der Waals surface area (Å²) in [4.78, 5) is 24.5. The number of benzene rings is 2. The summed E-state index contributed by atoms with van der Waals surface area (Å²) in [6.07, 6.45) is -3.38. The molecule has 134 valence electrons. The highest BCUT2D eigenvalue weighted by Crippen LogP contribution is 2.29. The van der Waals surface area contributed by atoms with Crippen LogP contribution in [0.25, 0.3) is 22.0 Å². The van der Waals surface area contributed by atoms with Crippen molar-refractivity contribution in [2.24, 2.45) is 0 Å². The lowest BCUT2D eigenvalue weighted by Gasteiger charge is -2.09. The molecule has 0 aliphatic rings. The fourth-order valence-corrected chi connectivity index (χ4v) is 2.24. The zero-order valence-corrected chi connectivity index (χ0v) is 13.1. The molecule has 0 unspecified atom stereocenters. The zero-order chi connectivity index (χ0) is 19.3. The van der Waals surface area contributed by atoms with E-state index in [0.717, 1.165) is 16.5 Å².